The van der Waals surface area contributed by atoms with Gasteiger partial charge in [0.25, 0.3) is 0 Å². The van der Waals surface area contributed by atoms with Crippen LogP contribution < -0.4 is 4.74 Å². The molecule has 3 heteroatoms. The third-order valence-electron chi connectivity index (χ3n) is 8.36. The summed E-state index contributed by atoms with van der Waals surface area (Å²) in [5.41, 5.74) is 0.516. The lowest BCUT2D eigenvalue weighted by Crippen LogP contribution is -2.25. The normalized spacial score (nSPS) is 26.2. The first-order valence-corrected chi connectivity index (χ1v) is 13.2. The van der Waals surface area contributed by atoms with Crippen LogP contribution in [0.25, 0.3) is 10.8 Å². The molecule has 0 heterocycles. The Morgan fingerprint density at radius 3 is 2.27 bits per heavy atom. The first kappa shape index (κ1) is 24.2. The highest BCUT2D eigenvalue weighted by Gasteiger charge is 2.30. The van der Waals surface area contributed by atoms with E-state index in [-0.39, 0.29) is 0 Å². The average molecular weight is 455 g/mol. The van der Waals surface area contributed by atoms with Gasteiger partial charge in [0.1, 0.15) is 5.75 Å². The van der Waals surface area contributed by atoms with Gasteiger partial charge >= 0.3 is 0 Å². The van der Waals surface area contributed by atoms with Crippen LogP contribution in [0.15, 0.2) is 36.4 Å². The van der Waals surface area contributed by atoms with Crippen molar-refractivity contribution in [2.45, 2.75) is 84.0 Å². The minimum Gasteiger partial charge on any atom is -0.497 e. The van der Waals surface area contributed by atoms with Crippen molar-refractivity contribution in [1.29, 1.82) is 0 Å². The third kappa shape index (κ3) is 5.97. The molecular weight excluding hydrogens is 414 g/mol. The van der Waals surface area contributed by atoms with Crippen molar-refractivity contribution in [1.82, 2.24) is 0 Å². The molecule has 0 radical (unpaired) electrons. The van der Waals surface area contributed by atoms with Crippen molar-refractivity contribution in [3.05, 3.63) is 53.6 Å². The molecule has 2 aliphatic rings. The Hall–Kier alpha value is -1.90. The second-order valence-electron chi connectivity index (χ2n) is 10.5. The molecule has 0 bridgehead atoms. The van der Waals surface area contributed by atoms with Crippen LogP contribution >= 0.6 is 0 Å². The molecular formula is C30H40F2O. The summed E-state index contributed by atoms with van der Waals surface area (Å²) in [5, 5.41) is 1.04. The van der Waals surface area contributed by atoms with Crippen molar-refractivity contribution < 1.29 is 13.5 Å². The summed E-state index contributed by atoms with van der Waals surface area (Å²) in [7, 11) is 1.54. The average Bonchev–Trinajstić information content (AvgIpc) is 2.86. The van der Waals surface area contributed by atoms with Gasteiger partial charge < -0.3 is 4.74 Å². The molecule has 4 rings (SSSR count). The molecule has 0 spiro atoms. The van der Waals surface area contributed by atoms with Crippen molar-refractivity contribution >= 4 is 10.8 Å². The van der Waals surface area contributed by atoms with Gasteiger partial charge in [-0.25, -0.2) is 8.78 Å². The van der Waals surface area contributed by atoms with E-state index in [4.69, 9.17) is 4.74 Å². The molecule has 0 aromatic heterocycles. The molecule has 0 unspecified atom stereocenters. The van der Waals surface area contributed by atoms with Gasteiger partial charge in [0.2, 0.25) is 0 Å². The van der Waals surface area contributed by atoms with Crippen LogP contribution in [0.3, 0.4) is 0 Å². The largest absolute Gasteiger partial charge is 0.497 e. The number of hydrogen-bond acceptors (Lipinski definition) is 1. The van der Waals surface area contributed by atoms with Crippen LogP contribution in [0.2, 0.25) is 0 Å². The van der Waals surface area contributed by atoms with E-state index in [2.05, 4.69) is 19.1 Å². The van der Waals surface area contributed by atoms with E-state index in [0.29, 0.717) is 29.0 Å². The van der Waals surface area contributed by atoms with E-state index in [1.807, 2.05) is 12.1 Å². The van der Waals surface area contributed by atoms with E-state index in [9.17, 15) is 8.78 Å². The summed E-state index contributed by atoms with van der Waals surface area (Å²) in [4.78, 5) is 0. The summed E-state index contributed by atoms with van der Waals surface area (Å²) >= 11 is 0. The quantitative estimate of drug-likeness (QED) is 0.362. The smallest absolute Gasteiger partial charge is 0.167 e. The molecule has 0 atom stereocenters. The SMILES string of the molecule is CCC/C=C/C1CCC(C2CCC(CCc3cc4ccc(OC)cc4c(F)c3F)CC2)CC1. The lowest BCUT2D eigenvalue weighted by Gasteiger charge is -2.37. The molecule has 0 N–H and O–H groups in total. The van der Waals surface area contributed by atoms with Gasteiger partial charge in [0.15, 0.2) is 11.6 Å². The summed E-state index contributed by atoms with van der Waals surface area (Å²) in [6.07, 6.45) is 19.5. The van der Waals surface area contributed by atoms with Gasteiger partial charge in [0.05, 0.1) is 7.11 Å². The summed E-state index contributed by atoms with van der Waals surface area (Å²) in [6, 6.07) is 7.03. The van der Waals surface area contributed by atoms with Crippen molar-refractivity contribution in [2.75, 3.05) is 7.11 Å². The van der Waals surface area contributed by atoms with Crippen molar-refractivity contribution in [3.63, 3.8) is 0 Å². The Morgan fingerprint density at radius 1 is 0.909 bits per heavy atom. The van der Waals surface area contributed by atoms with E-state index in [1.54, 1.807) is 12.1 Å². The third-order valence-corrected chi connectivity index (χ3v) is 8.36. The molecule has 1 nitrogen and oxygen atoms in total. The zero-order valence-electron chi connectivity index (χ0n) is 20.4. The number of aryl methyl sites for hydroxylation is 1. The van der Waals surface area contributed by atoms with Crippen LogP contribution in [0.5, 0.6) is 5.75 Å². The molecule has 2 aromatic carbocycles. The first-order valence-electron chi connectivity index (χ1n) is 13.2. The molecule has 2 saturated carbocycles. The topological polar surface area (TPSA) is 9.23 Å². The van der Waals surface area contributed by atoms with Crippen LogP contribution in [-0.4, -0.2) is 7.11 Å². The van der Waals surface area contributed by atoms with E-state index in [1.165, 1.54) is 71.3 Å². The van der Waals surface area contributed by atoms with Crippen LogP contribution in [-0.2, 0) is 6.42 Å². The van der Waals surface area contributed by atoms with Gasteiger partial charge in [-0.15, -0.1) is 0 Å². The maximum absolute atomic E-state index is 14.7. The van der Waals surface area contributed by atoms with Crippen LogP contribution in [0, 0.1) is 35.3 Å². The fraction of sp³-hybridized carbons (Fsp3) is 0.600. The van der Waals surface area contributed by atoms with E-state index in [0.717, 1.165) is 29.6 Å². The number of benzene rings is 2. The molecule has 0 amide bonds. The molecule has 2 aliphatic carbocycles. The van der Waals surface area contributed by atoms with Gasteiger partial charge in [-0.3, -0.25) is 0 Å². The van der Waals surface area contributed by atoms with Crippen LogP contribution in [0.1, 0.15) is 83.1 Å². The highest BCUT2D eigenvalue weighted by atomic mass is 19.2. The zero-order valence-corrected chi connectivity index (χ0v) is 20.4. The Bertz CT molecular complexity index is 934. The Labute approximate surface area is 198 Å². The highest BCUT2D eigenvalue weighted by molar-refractivity contribution is 5.85. The minimum absolute atomic E-state index is 0.298. The second-order valence-corrected chi connectivity index (χ2v) is 10.5. The lowest BCUT2D eigenvalue weighted by molar-refractivity contribution is 0.152. The van der Waals surface area contributed by atoms with Gasteiger partial charge in [-0.2, -0.15) is 0 Å². The summed E-state index contributed by atoms with van der Waals surface area (Å²) < 4.78 is 34.6. The summed E-state index contributed by atoms with van der Waals surface area (Å²) in [5.74, 6) is 2.36. The van der Waals surface area contributed by atoms with Crippen molar-refractivity contribution in [2.24, 2.45) is 23.7 Å². The number of unbranched alkanes of at least 4 members (excludes halogenated alkanes) is 1. The molecule has 0 aliphatic heterocycles. The number of halogens is 2. The molecule has 180 valence electrons. The molecule has 33 heavy (non-hydrogen) atoms. The first-order chi connectivity index (χ1) is 16.1. The summed E-state index contributed by atoms with van der Waals surface area (Å²) in [6.45, 7) is 2.24. The lowest BCUT2D eigenvalue weighted by atomic mass is 9.68. The monoisotopic (exact) mass is 454 g/mol. The minimum atomic E-state index is -0.745. The number of rotatable bonds is 8. The van der Waals surface area contributed by atoms with Gasteiger partial charge in [-0.1, -0.05) is 44.4 Å². The second kappa shape index (κ2) is 11.5. The zero-order chi connectivity index (χ0) is 23.2. The predicted molar refractivity (Wildman–Crippen MR) is 134 cm³/mol. The van der Waals surface area contributed by atoms with E-state index >= 15 is 0 Å². The maximum Gasteiger partial charge on any atom is 0.167 e. The van der Waals surface area contributed by atoms with Gasteiger partial charge in [0, 0.05) is 5.39 Å². The fourth-order valence-electron chi connectivity index (χ4n) is 6.24. The standard InChI is InChI=1S/C30H40F2O/c1-3-4-5-6-21-7-12-23(13-8-21)24-14-9-22(10-15-24)11-16-26-19-25-17-18-27(33-2)20-28(25)30(32)29(26)31/h5-6,17-24H,3-4,7-16H2,1-2H3/b6-5+. The highest BCUT2D eigenvalue weighted by Crippen LogP contribution is 2.42. The number of ether oxygens (including phenoxy) is 1. The fourth-order valence-corrected chi connectivity index (χ4v) is 6.24. The number of allylic oxidation sites excluding steroid dienone is 2. The molecule has 2 aromatic rings. The van der Waals surface area contributed by atoms with Crippen molar-refractivity contribution in [3.8, 4) is 5.75 Å². The maximum atomic E-state index is 14.7. The Kier molecular flexibility index (Phi) is 8.44. The Morgan fingerprint density at radius 2 is 1.61 bits per heavy atom. The Balaban J connectivity index is 1.26. The molecule has 0 saturated heterocycles. The predicted octanol–water partition coefficient (Wildman–Crippen LogP) is 9.03. The van der Waals surface area contributed by atoms with Gasteiger partial charge in [-0.05, 0) is 111 Å². The number of methoxy groups -OCH3 is 1. The number of fused-ring (bicyclic) bond motifs is 1. The van der Waals surface area contributed by atoms with E-state index < -0.39 is 11.6 Å². The number of hydrogen-bond donors (Lipinski definition) is 0. The molecule has 2 fully saturated rings. The van der Waals surface area contributed by atoms with Crippen LogP contribution in [0.4, 0.5) is 8.78 Å².